The zero-order chi connectivity index (χ0) is 22.9. The highest BCUT2D eigenvalue weighted by Gasteiger charge is 2.32. The molecule has 0 spiro atoms. The van der Waals surface area contributed by atoms with Crippen molar-refractivity contribution in [2.75, 3.05) is 13.1 Å². The molecule has 5 nitrogen and oxygen atoms in total. The Hall–Kier alpha value is -2.78. The van der Waals surface area contributed by atoms with Gasteiger partial charge in [-0.15, -0.1) is 0 Å². The lowest BCUT2D eigenvalue weighted by Crippen LogP contribution is -2.33. The van der Waals surface area contributed by atoms with Gasteiger partial charge in [0.2, 0.25) is 0 Å². The molecule has 0 atom stereocenters. The zero-order valence-corrected chi connectivity index (χ0v) is 18.4. The molecule has 0 unspecified atom stereocenters. The highest BCUT2D eigenvalue weighted by atomic mass is 35.5. The largest absolute Gasteiger partial charge is 0.416 e. The molecule has 4 rings (SSSR count). The number of alkyl halides is 3. The summed E-state index contributed by atoms with van der Waals surface area (Å²) in [6, 6.07) is 12.0. The van der Waals surface area contributed by atoms with E-state index in [0.717, 1.165) is 12.1 Å². The number of aryl methyl sites for hydroxylation is 1. The monoisotopic (exact) mass is 479 g/mol. The summed E-state index contributed by atoms with van der Waals surface area (Å²) in [5.41, 5.74) is 1.25. The molecule has 0 saturated heterocycles. The number of hydrogen-bond donors (Lipinski definition) is 0. The summed E-state index contributed by atoms with van der Waals surface area (Å²) in [4.78, 5) is 19.3. The first-order valence-electron chi connectivity index (χ1n) is 9.62. The topological polar surface area (TPSA) is 58.7 Å². The number of nitrogens with zero attached hydrogens (tertiary/aromatic N) is 3. The van der Waals surface area contributed by atoms with Crippen LogP contribution in [0.3, 0.4) is 0 Å². The Balaban J connectivity index is 1.52. The Kier molecular flexibility index (Phi) is 6.30. The molecule has 166 valence electrons. The Labute approximate surface area is 191 Å². The van der Waals surface area contributed by atoms with Crippen LogP contribution < -0.4 is 0 Å². The van der Waals surface area contributed by atoms with Crippen LogP contribution in [0.2, 0.25) is 5.02 Å². The predicted octanol–water partition coefficient (Wildman–Crippen LogP) is 6.07. The van der Waals surface area contributed by atoms with E-state index in [4.69, 9.17) is 16.1 Å². The highest BCUT2D eigenvalue weighted by Crippen LogP contribution is 2.33. The van der Waals surface area contributed by atoms with E-state index in [1.165, 1.54) is 28.8 Å². The van der Waals surface area contributed by atoms with Gasteiger partial charge in [0.05, 0.1) is 17.1 Å². The molecule has 1 aromatic heterocycles. The van der Waals surface area contributed by atoms with Gasteiger partial charge < -0.3 is 4.52 Å². The third kappa shape index (κ3) is 4.54. The molecule has 0 aliphatic carbocycles. The van der Waals surface area contributed by atoms with Crippen molar-refractivity contribution < 1.29 is 22.5 Å². The van der Waals surface area contributed by atoms with Gasteiger partial charge in [0.1, 0.15) is 17.0 Å². The molecule has 2 heterocycles. The summed E-state index contributed by atoms with van der Waals surface area (Å²) in [5.74, 6) is 0.430. The van der Waals surface area contributed by atoms with Gasteiger partial charge in [-0.25, -0.2) is 0 Å². The van der Waals surface area contributed by atoms with Gasteiger partial charge in [0.25, 0.3) is 5.91 Å². The second kappa shape index (κ2) is 8.99. The minimum atomic E-state index is -4.37. The Morgan fingerprint density at radius 2 is 1.91 bits per heavy atom. The number of benzene rings is 2. The predicted molar refractivity (Wildman–Crippen MR) is 118 cm³/mol. The normalized spacial score (nSPS) is 14.0. The third-order valence-electron chi connectivity index (χ3n) is 4.90. The lowest BCUT2D eigenvalue weighted by Gasteiger charge is -2.18. The lowest BCUT2D eigenvalue weighted by atomic mass is 10.1. The first kappa shape index (κ1) is 22.4. The van der Waals surface area contributed by atoms with E-state index < -0.39 is 11.7 Å². The first-order valence-corrected chi connectivity index (χ1v) is 11.0. The fourth-order valence-corrected chi connectivity index (χ4v) is 4.50. The number of hydrogen-bond acceptors (Lipinski definition) is 5. The van der Waals surface area contributed by atoms with Crippen LogP contribution in [0.15, 0.2) is 58.0 Å². The van der Waals surface area contributed by atoms with Crippen LogP contribution in [-0.2, 0) is 11.9 Å². The van der Waals surface area contributed by atoms with Crippen LogP contribution in [0.1, 0.15) is 27.2 Å². The summed E-state index contributed by atoms with van der Waals surface area (Å²) >= 11 is 7.58. The van der Waals surface area contributed by atoms with Gasteiger partial charge in [-0.1, -0.05) is 58.9 Å². The molecule has 0 bridgehead atoms. The molecule has 0 fully saturated rings. The van der Waals surface area contributed by atoms with Gasteiger partial charge in [0, 0.05) is 17.9 Å². The molecule has 1 aliphatic rings. The zero-order valence-electron chi connectivity index (χ0n) is 16.8. The molecule has 0 radical (unpaired) electrons. The van der Waals surface area contributed by atoms with Gasteiger partial charge in [0.15, 0.2) is 5.17 Å². The number of aliphatic imine (C=N–C) groups is 1. The average molecular weight is 480 g/mol. The van der Waals surface area contributed by atoms with Crippen molar-refractivity contribution in [3.63, 3.8) is 0 Å². The number of carbonyl (C=O) groups is 1. The number of thioether (sulfide) groups is 1. The van der Waals surface area contributed by atoms with Crippen LogP contribution in [-0.4, -0.2) is 34.2 Å². The van der Waals surface area contributed by atoms with Gasteiger partial charge in [-0.05, 0) is 30.7 Å². The van der Waals surface area contributed by atoms with E-state index in [0.29, 0.717) is 57.2 Å². The molecular formula is C22H17ClF3N3O2S. The van der Waals surface area contributed by atoms with Crippen molar-refractivity contribution in [3.8, 4) is 11.3 Å². The van der Waals surface area contributed by atoms with Gasteiger partial charge >= 0.3 is 6.18 Å². The van der Waals surface area contributed by atoms with Crippen LogP contribution in [0.25, 0.3) is 11.3 Å². The van der Waals surface area contributed by atoms with E-state index in [1.54, 1.807) is 31.2 Å². The molecule has 32 heavy (non-hydrogen) atoms. The van der Waals surface area contributed by atoms with Crippen molar-refractivity contribution in [1.29, 1.82) is 0 Å². The summed E-state index contributed by atoms with van der Waals surface area (Å²) in [6.07, 6.45) is -4.37. The van der Waals surface area contributed by atoms with E-state index in [2.05, 4.69) is 10.1 Å². The number of aromatic nitrogens is 1. The minimum absolute atomic E-state index is 0.308. The molecule has 1 amide bonds. The molecular weight excluding hydrogens is 463 g/mol. The number of amides is 1. The smallest absolute Gasteiger partial charge is 0.360 e. The highest BCUT2D eigenvalue weighted by molar-refractivity contribution is 8.13. The van der Waals surface area contributed by atoms with Crippen molar-refractivity contribution in [3.05, 3.63) is 76.0 Å². The Bertz CT molecular complexity index is 1180. The van der Waals surface area contributed by atoms with Crippen molar-refractivity contribution in [2.24, 2.45) is 4.99 Å². The quantitative estimate of drug-likeness (QED) is 0.456. The average Bonchev–Trinajstić information content (AvgIpc) is 3.38. The maximum Gasteiger partial charge on any atom is 0.416 e. The maximum atomic E-state index is 13.4. The number of halogens is 4. The van der Waals surface area contributed by atoms with Crippen molar-refractivity contribution in [2.45, 2.75) is 18.9 Å². The molecule has 2 aromatic carbocycles. The van der Waals surface area contributed by atoms with Crippen molar-refractivity contribution >= 4 is 34.4 Å². The van der Waals surface area contributed by atoms with Crippen LogP contribution in [0.4, 0.5) is 13.2 Å². The van der Waals surface area contributed by atoms with Crippen LogP contribution in [0.5, 0.6) is 0 Å². The number of carbonyl (C=O) groups excluding carboxylic acids is 1. The fourth-order valence-electron chi connectivity index (χ4n) is 3.27. The number of rotatable bonds is 4. The molecule has 10 heteroatoms. The first-order chi connectivity index (χ1) is 15.3. The van der Waals surface area contributed by atoms with Gasteiger partial charge in [-0.2, -0.15) is 13.2 Å². The van der Waals surface area contributed by atoms with Crippen LogP contribution >= 0.6 is 23.4 Å². The molecule has 3 aromatic rings. The minimum Gasteiger partial charge on any atom is -0.360 e. The van der Waals surface area contributed by atoms with Crippen molar-refractivity contribution in [1.82, 2.24) is 10.1 Å². The second-order valence-electron chi connectivity index (χ2n) is 7.05. The van der Waals surface area contributed by atoms with E-state index in [1.807, 2.05) is 0 Å². The molecule has 1 aliphatic heterocycles. The van der Waals surface area contributed by atoms with E-state index in [-0.39, 0.29) is 5.91 Å². The molecule has 0 N–H and O–H groups in total. The third-order valence-corrected chi connectivity index (χ3v) is 6.32. The number of amidine groups is 1. The SMILES string of the molecule is Cc1onc(-c2ccccc2Cl)c1C(=O)N1CCN=C1SCc1ccc(C(F)(F)F)cc1. The van der Waals surface area contributed by atoms with Crippen LogP contribution in [0, 0.1) is 6.92 Å². The Morgan fingerprint density at radius 1 is 1.19 bits per heavy atom. The standard InChI is InChI=1S/C22H17ClF3N3O2S/c1-13-18(19(28-31-13)16-4-2-3-5-17(16)23)20(30)29-11-10-27-21(29)32-12-14-6-8-15(9-7-14)22(24,25)26/h2-9H,10-12H2,1H3. The fraction of sp³-hybridized carbons (Fsp3) is 0.227. The van der Waals surface area contributed by atoms with E-state index >= 15 is 0 Å². The van der Waals surface area contributed by atoms with E-state index in [9.17, 15) is 18.0 Å². The summed E-state index contributed by atoms with van der Waals surface area (Å²) < 4.78 is 43.5. The Morgan fingerprint density at radius 3 is 2.59 bits per heavy atom. The second-order valence-corrected chi connectivity index (χ2v) is 8.40. The molecule has 0 saturated carbocycles. The summed E-state index contributed by atoms with van der Waals surface area (Å²) in [5, 5.41) is 4.99. The maximum absolute atomic E-state index is 13.4. The summed E-state index contributed by atoms with van der Waals surface area (Å²) in [6.45, 7) is 2.48. The summed E-state index contributed by atoms with van der Waals surface area (Å²) in [7, 11) is 0. The lowest BCUT2D eigenvalue weighted by molar-refractivity contribution is -0.137. The van der Waals surface area contributed by atoms with Gasteiger partial charge in [-0.3, -0.25) is 14.7 Å².